The van der Waals surface area contributed by atoms with Crippen LogP contribution in [0.4, 0.5) is 0 Å². The average molecular weight is 184 g/mol. The van der Waals surface area contributed by atoms with Crippen LogP contribution in [-0.2, 0) is 0 Å². The molecule has 0 aromatic rings. The molecule has 1 atom stereocenters. The summed E-state index contributed by atoms with van der Waals surface area (Å²) in [4.78, 5) is 2.25. The van der Waals surface area contributed by atoms with E-state index in [4.69, 9.17) is 0 Å². The van der Waals surface area contributed by atoms with Gasteiger partial charge in [0.25, 0.3) is 0 Å². The minimum atomic E-state index is 0.680. The summed E-state index contributed by atoms with van der Waals surface area (Å²) in [6.07, 6.45) is 4.02. The fraction of sp³-hybridized carbons (Fsp3) is 1.00. The molecular formula is C11H24N2. The van der Waals surface area contributed by atoms with Crippen molar-refractivity contribution in [2.24, 2.45) is 5.92 Å². The van der Waals surface area contributed by atoms with E-state index in [1.807, 2.05) is 0 Å². The fourth-order valence-electron chi connectivity index (χ4n) is 1.98. The highest BCUT2D eigenvalue weighted by Crippen LogP contribution is 2.26. The number of nitrogens with zero attached hydrogens (tertiary/aromatic N) is 1. The van der Waals surface area contributed by atoms with Gasteiger partial charge in [0, 0.05) is 12.1 Å². The molecule has 1 saturated carbocycles. The topological polar surface area (TPSA) is 15.3 Å². The molecule has 1 rings (SSSR count). The van der Waals surface area contributed by atoms with E-state index in [2.05, 4.69) is 38.2 Å². The lowest BCUT2D eigenvalue weighted by Gasteiger charge is -2.36. The third kappa shape index (κ3) is 4.10. The summed E-state index contributed by atoms with van der Waals surface area (Å²) < 4.78 is 0. The van der Waals surface area contributed by atoms with Crippen molar-refractivity contribution >= 4 is 0 Å². The third-order valence-corrected chi connectivity index (χ3v) is 2.90. The first-order valence-electron chi connectivity index (χ1n) is 5.48. The van der Waals surface area contributed by atoms with Crippen molar-refractivity contribution in [1.29, 1.82) is 0 Å². The third-order valence-electron chi connectivity index (χ3n) is 2.90. The van der Waals surface area contributed by atoms with E-state index in [1.165, 1.54) is 25.8 Å². The van der Waals surface area contributed by atoms with Gasteiger partial charge in [-0.2, -0.15) is 0 Å². The SMILES string of the molecule is CC1CC(NC(C)CCN(C)C)C1. The van der Waals surface area contributed by atoms with E-state index in [1.54, 1.807) is 0 Å². The molecule has 1 unspecified atom stereocenters. The van der Waals surface area contributed by atoms with Crippen LogP contribution in [0.1, 0.15) is 33.1 Å². The molecule has 0 spiro atoms. The highest BCUT2D eigenvalue weighted by atomic mass is 15.1. The summed E-state index contributed by atoms with van der Waals surface area (Å²) in [5.74, 6) is 0.957. The van der Waals surface area contributed by atoms with Crippen LogP contribution in [-0.4, -0.2) is 37.6 Å². The summed E-state index contributed by atoms with van der Waals surface area (Å²) in [6, 6.07) is 1.49. The first kappa shape index (κ1) is 11.0. The van der Waals surface area contributed by atoms with Gasteiger partial charge in [-0.15, -0.1) is 0 Å². The van der Waals surface area contributed by atoms with Crippen LogP contribution in [0, 0.1) is 5.92 Å². The average Bonchev–Trinajstić information content (AvgIpc) is 1.98. The monoisotopic (exact) mass is 184 g/mol. The van der Waals surface area contributed by atoms with Crippen LogP contribution in [0.3, 0.4) is 0 Å². The molecule has 0 aromatic heterocycles. The van der Waals surface area contributed by atoms with E-state index in [9.17, 15) is 0 Å². The Balaban J connectivity index is 2.01. The van der Waals surface area contributed by atoms with Gasteiger partial charge in [0.15, 0.2) is 0 Å². The van der Waals surface area contributed by atoms with E-state index in [0.29, 0.717) is 6.04 Å². The maximum Gasteiger partial charge on any atom is 0.00746 e. The molecule has 0 aliphatic heterocycles. The Hall–Kier alpha value is -0.0800. The maximum atomic E-state index is 3.68. The Morgan fingerprint density at radius 2 is 2.00 bits per heavy atom. The quantitative estimate of drug-likeness (QED) is 0.700. The maximum absolute atomic E-state index is 3.68. The van der Waals surface area contributed by atoms with Crippen molar-refractivity contribution in [3.63, 3.8) is 0 Å². The largest absolute Gasteiger partial charge is 0.311 e. The minimum Gasteiger partial charge on any atom is -0.311 e. The van der Waals surface area contributed by atoms with Gasteiger partial charge in [0.1, 0.15) is 0 Å². The van der Waals surface area contributed by atoms with Gasteiger partial charge in [-0.25, -0.2) is 0 Å². The van der Waals surface area contributed by atoms with Gasteiger partial charge >= 0.3 is 0 Å². The van der Waals surface area contributed by atoms with Gasteiger partial charge in [-0.1, -0.05) is 6.92 Å². The fourth-order valence-corrected chi connectivity index (χ4v) is 1.98. The van der Waals surface area contributed by atoms with E-state index >= 15 is 0 Å². The Morgan fingerprint density at radius 1 is 1.38 bits per heavy atom. The Morgan fingerprint density at radius 3 is 2.46 bits per heavy atom. The van der Waals surface area contributed by atoms with Gasteiger partial charge in [-0.05, 0) is 52.7 Å². The molecule has 13 heavy (non-hydrogen) atoms. The summed E-state index contributed by atoms with van der Waals surface area (Å²) in [5, 5.41) is 3.68. The predicted molar refractivity (Wildman–Crippen MR) is 58.0 cm³/mol. The zero-order valence-corrected chi connectivity index (χ0v) is 9.51. The predicted octanol–water partition coefficient (Wildman–Crippen LogP) is 1.71. The van der Waals surface area contributed by atoms with Crippen LogP contribution in [0.2, 0.25) is 0 Å². The lowest BCUT2D eigenvalue weighted by Crippen LogP contribution is -2.45. The molecule has 0 saturated heterocycles. The molecule has 1 N–H and O–H groups in total. The minimum absolute atomic E-state index is 0.680. The first-order chi connectivity index (χ1) is 6.08. The summed E-state index contributed by atoms with van der Waals surface area (Å²) in [6.45, 7) is 5.82. The molecule has 1 aliphatic rings. The number of hydrogen-bond acceptors (Lipinski definition) is 2. The second-order valence-electron chi connectivity index (χ2n) is 4.93. The van der Waals surface area contributed by atoms with Crippen molar-refractivity contribution in [2.45, 2.75) is 45.2 Å². The zero-order chi connectivity index (χ0) is 9.84. The van der Waals surface area contributed by atoms with Crippen molar-refractivity contribution in [3.8, 4) is 0 Å². The van der Waals surface area contributed by atoms with Crippen molar-refractivity contribution in [1.82, 2.24) is 10.2 Å². The molecule has 1 fully saturated rings. The normalized spacial score (nSPS) is 30.2. The van der Waals surface area contributed by atoms with Crippen LogP contribution in [0.15, 0.2) is 0 Å². The molecule has 0 heterocycles. The lowest BCUT2D eigenvalue weighted by atomic mass is 9.81. The molecular weight excluding hydrogens is 160 g/mol. The van der Waals surface area contributed by atoms with Crippen molar-refractivity contribution in [3.05, 3.63) is 0 Å². The highest BCUT2D eigenvalue weighted by molar-refractivity contribution is 4.84. The van der Waals surface area contributed by atoms with Crippen LogP contribution < -0.4 is 5.32 Å². The van der Waals surface area contributed by atoms with Crippen molar-refractivity contribution < 1.29 is 0 Å². The Labute approximate surface area is 82.7 Å². The van der Waals surface area contributed by atoms with Crippen LogP contribution in [0.25, 0.3) is 0 Å². The highest BCUT2D eigenvalue weighted by Gasteiger charge is 2.25. The van der Waals surface area contributed by atoms with E-state index in [0.717, 1.165) is 12.0 Å². The standard InChI is InChI=1S/C11H24N2/c1-9-7-11(8-9)12-10(2)5-6-13(3)4/h9-12H,5-8H2,1-4H3. The molecule has 78 valence electrons. The number of rotatable bonds is 5. The zero-order valence-electron chi connectivity index (χ0n) is 9.51. The van der Waals surface area contributed by atoms with Gasteiger partial charge < -0.3 is 10.2 Å². The molecule has 2 heteroatoms. The first-order valence-corrected chi connectivity index (χ1v) is 5.48. The van der Waals surface area contributed by atoms with Gasteiger partial charge in [0.05, 0.1) is 0 Å². The summed E-state index contributed by atoms with van der Waals surface area (Å²) >= 11 is 0. The molecule has 0 radical (unpaired) electrons. The van der Waals surface area contributed by atoms with Crippen LogP contribution >= 0.6 is 0 Å². The van der Waals surface area contributed by atoms with Crippen LogP contribution in [0.5, 0.6) is 0 Å². The summed E-state index contributed by atoms with van der Waals surface area (Å²) in [5.41, 5.74) is 0. The Kier molecular flexibility index (Phi) is 4.20. The molecule has 0 aromatic carbocycles. The molecule has 2 nitrogen and oxygen atoms in total. The smallest absolute Gasteiger partial charge is 0.00746 e. The lowest BCUT2D eigenvalue weighted by molar-refractivity contribution is 0.217. The second-order valence-corrected chi connectivity index (χ2v) is 4.93. The van der Waals surface area contributed by atoms with Gasteiger partial charge in [0.2, 0.25) is 0 Å². The molecule has 0 bridgehead atoms. The van der Waals surface area contributed by atoms with Crippen molar-refractivity contribution in [2.75, 3.05) is 20.6 Å². The summed E-state index contributed by atoms with van der Waals surface area (Å²) in [7, 11) is 4.27. The van der Waals surface area contributed by atoms with E-state index in [-0.39, 0.29) is 0 Å². The Bertz CT molecular complexity index is 139. The van der Waals surface area contributed by atoms with Gasteiger partial charge in [-0.3, -0.25) is 0 Å². The number of hydrogen-bond donors (Lipinski definition) is 1. The van der Waals surface area contributed by atoms with E-state index < -0.39 is 0 Å². The second kappa shape index (κ2) is 4.97. The molecule has 0 amide bonds. The molecule has 1 aliphatic carbocycles. The number of nitrogens with one attached hydrogen (secondary N) is 1.